The van der Waals surface area contributed by atoms with E-state index in [0.717, 1.165) is 5.92 Å². The molecule has 1 aromatic heterocycles. The minimum absolute atomic E-state index is 0.698. The maximum atomic E-state index is 3.75. The Morgan fingerprint density at radius 1 is 1.53 bits per heavy atom. The molecule has 3 heteroatoms. The fourth-order valence-corrected chi connectivity index (χ4v) is 4.04. The molecule has 0 radical (unpaired) electrons. The summed E-state index contributed by atoms with van der Waals surface area (Å²) in [5.74, 6) is 0.839. The Kier molecular flexibility index (Phi) is 4.23. The standard InChI is InChI=1S/C12H18BrNS/c1-10-6-12(13)8-14(7-10)4-2-11-3-5-15-9-11/h3,5,9-10,12H,2,4,6-8H2,1H3. The number of halogens is 1. The first-order valence-corrected chi connectivity index (χ1v) is 7.47. The van der Waals surface area contributed by atoms with Gasteiger partial charge in [0.2, 0.25) is 0 Å². The topological polar surface area (TPSA) is 3.24 Å². The zero-order valence-electron chi connectivity index (χ0n) is 9.16. The van der Waals surface area contributed by atoms with Crippen molar-refractivity contribution >= 4 is 27.3 Å². The van der Waals surface area contributed by atoms with Crippen molar-refractivity contribution in [2.24, 2.45) is 5.92 Å². The summed E-state index contributed by atoms with van der Waals surface area (Å²) in [5, 5.41) is 4.43. The van der Waals surface area contributed by atoms with E-state index >= 15 is 0 Å². The van der Waals surface area contributed by atoms with E-state index in [1.807, 2.05) is 0 Å². The Bertz CT molecular complexity index is 276. The monoisotopic (exact) mass is 287 g/mol. The third-order valence-corrected chi connectivity index (χ3v) is 4.38. The normalized spacial score (nSPS) is 28.1. The lowest BCUT2D eigenvalue weighted by atomic mass is 10.00. The number of piperidine rings is 1. The average Bonchev–Trinajstić information content (AvgIpc) is 2.65. The van der Waals surface area contributed by atoms with Gasteiger partial charge in [-0.3, -0.25) is 0 Å². The van der Waals surface area contributed by atoms with E-state index in [1.165, 1.54) is 38.0 Å². The Balaban J connectivity index is 1.79. The number of rotatable bonds is 3. The Labute approximate surface area is 105 Å². The highest BCUT2D eigenvalue weighted by molar-refractivity contribution is 9.09. The van der Waals surface area contributed by atoms with Crippen LogP contribution in [-0.4, -0.2) is 29.4 Å². The zero-order valence-corrected chi connectivity index (χ0v) is 11.6. The summed E-state index contributed by atoms with van der Waals surface area (Å²) in [7, 11) is 0. The highest BCUT2D eigenvalue weighted by Gasteiger charge is 2.22. The SMILES string of the molecule is CC1CC(Br)CN(CCc2ccsc2)C1. The van der Waals surface area contributed by atoms with Gasteiger partial charge in [0.1, 0.15) is 0 Å². The number of thiophene rings is 1. The van der Waals surface area contributed by atoms with Crippen molar-refractivity contribution in [3.05, 3.63) is 22.4 Å². The molecule has 0 saturated carbocycles. The van der Waals surface area contributed by atoms with Crippen LogP contribution in [0.1, 0.15) is 18.9 Å². The Hall–Kier alpha value is 0.140. The van der Waals surface area contributed by atoms with Gasteiger partial charge in [0.25, 0.3) is 0 Å². The summed E-state index contributed by atoms with van der Waals surface area (Å²) in [6.07, 6.45) is 2.53. The molecule has 0 spiro atoms. The lowest BCUT2D eigenvalue weighted by Gasteiger charge is -2.33. The highest BCUT2D eigenvalue weighted by atomic mass is 79.9. The van der Waals surface area contributed by atoms with Crippen LogP contribution in [0.3, 0.4) is 0 Å². The Morgan fingerprint density at radius 2 is 2.40 bits per heavy atom. The van der Waals surface area contributed by atoms with E-state index in [2.05, 4.69) is 44.6 Å². The molecule has 1 aromatic rings. The first-order valence-electron chi connectivity index (χ1n) is 5.61. The molecular formula is C12H18BrNS. The number of hydrogen-bond acceptors (Lipinski definition) is 2. The third-order valence-electron chi connectivity index (χ3n) is 2.98. The molecule has 0 N–H and O–H groups in total. The van der Waals surface area contributed by atoms with Crippen molar-refractivity contribution in [1.82, 2.24) is 4.90 Å². The second kappa shape index (κ2) is 5.46. The minimum Gasteiger partial charge on any atom is -0.302 e. The summed E-state index contributed by atoms with van der Waals surface area (Å²) >= 11 is 5.55. The molecule has 2 heterocycles. The summed E-state index contributed by atoms with van der Waals surface area (Å²) in [6.45, 7) is 6.05. The lowest BCUT2D eigenvalue weighted by Crippen LogP contribution is -2.40. The van der Waals surface area contributed by atoms with Gasteiger partial charge in [0, 0.05) is 24.5 Å². The molecule has 1 nitrogen and oxygen atoms in total. The minimum atomic E-state index is 0.698. The highest BCUT2D eigenvalue weighted by Crippen LogP contribution is 2.21. The molecular weight excluding hydrogens is 270 g/mol. The molecule has 1 saturated heterocycles. The molecule has 1 aliphatic heterocycles. The van der Waals surface area contributed by atoms with E-state index in [-0.39, 0.29) is 0 Å². The van der Waals surface area contributed by atoms with Crippen LogP contribution in [0.25, 0.3) is 0 Å². The molecule has 1 fully saturated rings. The third kappa shape index (κ3) is 3.58. The van der Waals surface area contributed by atoms with Crippen LogP contribution < -0.4 is 0 Å². The molecule has 0 aromatic carbocycles. The van der Waals surface area contributed by atoms with E-state index < -0.39 is 0 Å². The van der Waals surface area contributed by atoms with Gasteiger partial charge in [0.05, 0.1) is 0 Å². The van der Waals surface area contributed by atoms with Crippen LogP contribution in [-0.2, 0) is 6.42 Å². The zero-order chi connectivity index (χ0) is 10.7. The first-order chi connectivity index (χ1) is 7.24. The van der Waals surface area contributed by atoms with Crippen LogP contribution in [0, 0.1) is 5.92 Å². The molecule has 15 heavy (non-hydrogen) atoms. The van der Waals surface area contributed by atoms with Gasteiger partial charge in [0.15, 0.2) is 0 Å². The van der Waals surface area contributed by atoms with E-state index in [4.69, 9.17) is 0 Å². The van der Waals surface area contributed by atoms with Gasteiger partial charge in [-0.1, -0.05) is 22.9 Å². The quantitative estimate of drug-likeness (QED) is 0.771. The largest absolute Gasteiger partial charge is 0.302 e. The fraction of sp³-hybridized carbons (Fsp3) is 0.667. The maximum Gasteiger partial charge on any atom is 0.0276 e. The first kappa shape index (κ1) is 11.6. The average molecular weight is 288 g/mol. The summed E-state index contributed by atoms with van der Waals surface area (Å²) in [6, 6.07) is 2.24. The second-order valence-corrected chi connectivity index (χ2v) is 6.65. The molecule has 1 aliphatic rings. The molecule has 2 atom stereocenters. The number of likely N-dealkylation sites (tertiary alicyclic amines) is 1. The number of alkyl halides is 1. The van der Waals surface area contributed by atoms with Crippen LogP contribution in [0.15, 0.2) is 16.8 Å². The van der Waals surface area contributed by atoms with Gasteiger partial charge in [-0.05, 0) is 41.1 Å². The predicted molar refractivity (Wildman–Crippen MR) is 71.0 cm³/mol. The van der Waals surface area contributed by atoms with E-state index in [9.17, 15) is 0 Å². The van der Waals surface area contributed by atoms with Crippen LogP contribution in [0.5, 0.6) is 0 Å². The molecule has 0 amide bonds. The Morgan fingerprint density at radius 3 is 3.07 bits per heavy atom. The van der Waals surface area contributed by atoms with Crippen molar-refractivity contribution in [3.63, 3.8) is 0 Å². The van der Waals surface area contributed by atoms with Gasteiger partial charge in [-0.2, -0.15) is 11.3 Å². The number of nitrogens with zero attached hydrogens (tertiary/aromatic N) is 1. The van der Waals surface area contributed by atoms with E-state index in [1.54, 1.807) is 11.3 Å². The molecule has 2 rings (SSSR count). The molecule has 2 unspecified atom stereocenters. The van der Waals surface area contributed by atoms with Crippen molar-refractivity contribution < 1.29 is 0 Å². The van der Waals surface area contributed by atoms with Gasteiger partial charge < -0.3 is 4.90 Å². The molecule has 0 bridgehead atoms. The van der Waals surface area contributed by atoms with E-state index in [0.29, 0.717) is 4.83 Å². The molecule has 84 valence electrons. The van der Waals surface area contributed by atoms with Crippen molar-refractivity contribution in [3.8, 4) is 0 Å². The van der Waals surface area contributed by atoms with Crippen molar-refractivity contribution in [2.45, 2.75) is 24.6 Å². The second-order valence-electron chi connectivity index (χ2n) is 4.58. The van der Waals surface area contributed by atoms with Gasteiger partial charge in [-0.15, -0.1) is 0 Å². The predicted octanol–water partition coefficient (Wildman–Crippen LogP) is 3.40. The van der Waals surface area contributed by atoms with Crippen LogP contribution >= 0.6 is 27.3 Å². The summed E-state index contributed by atoms with van der Waals surface area (Å²) in [5.41, 5.74) is 1.49. The maximum absolute atomic E-state index is 3.75. The fourth-order valence-electron chi connectivity index (χ4n) is 2.29. The summed E-state index contributed by atoms with van der Waals surface area (Å²) < 4.78 is 0. The number of hydrogen-bond donors (Lipinski definition) is 0. The van der Waals surface area contributed by atoms with Crippen molar-refractivity contribution in [1.29, 1.82) is 0 Å². The molecule has 0 aliphatic carbocycles. The van der Waals surface area contributed by atoms with Crippen molar-refractivity contribution in [2.75, 3.05) is 19.6 Å². The summed E-state index contributed by atoms with van der Waals surface area (Å²) in [4.78, 5) is 3.29. The van der Waals surface area contributed by atoms with Gasteiger partial charge in [-0.25, -0.2) is 0 Å². The smallest absolute Gasteiger partial charge is 0.0276 e. The van der Waals surface area contributed by atoms with Crippen LogP contribution in [0.4, 0.5) is 0 Å². The van der Waals surface area contributed by atoms with Gasteiger partial charge >= 0.3 is 0 Å². The lowest BCUT2D eigenvalue weighted by molar-refractivity contribution is 0.193. The van der Waals surface area contributed by atoms with Crippen LogP contribution in [0.2, 0.25) is 0 Å².